The van der Waals surface area contributed by atoms with Gasteiger partial charge in [0.05, 0.1) is 0 Å². The lowest BCUT2D eigenvalue weighted by Gasteiger charge is -2.31. The van der Waals surface area contributed by atoms with Gasteiger partial charge in [0.1, 0.15) is 0 Å². The fourth-order valence-electron chi connectivity index (χ4n) is 2.57. The van der Waals surface area contributed by atoms with Crippen molar-refractivity contribution in [3.63, 3.8) is 0 Å². The third-order valence-corrected chi connectivity index (χ3v) is 3.51. The fourth-order valence-corrected chi connectivity index (χ4v) is 2.57. The Labute approximate surface area is 94.8 Å². The molecule has 0 aromatic heterocycles. The lowest BCUT2D eigenvalue weighted by Crippen LogP contribution is -2.39. The summed E-state index contributed by atoms with van der Waals surface area (Å²) in [7, 11) is 0. The summed E-state index contributed by atoms with van der Waals surface area (Å²) in [6, 6.07) is 0.783. The minimum Gasteiger partial charge on any atom is -0.382 e. The molecule has 1 aliphatic rings. The van der Waals surface area contributed by atoms with Crippen molar-refractivity contribution < 1.29 is 4.74 Å². The lowest BCUT2D eigenvalue weighted by atomic mass is 9.83. The Bertz CT molecular complexity index is 149. The molecule has 1 rings (SSSR count). The number of ether oxygens (including phenoxy) is 1. The van der Waals surface area contributed by atoms with Gasteiger partial charge in [-0.3, -0.25) is 0 Å². The Morgan fingerprint density at radius 3 is 2.73 bits per heavy atom. The van der Waals surface area contributed by atoms with Crippen molar-refractivity contribution in [2.24, 2.45) is 5.92 Å². The standard InChI is InChI=1S/C13H27NO/c1-3-12-8-5-6-9-13(12)14-10-7-11-15-4-2/h12-14H,3-11H2,1-2H3/t12-,13-/m0/s1. The molecule has 2 nitrogen and oxygen atoms in total. The first-order chi connectivity index (χ1) is 7.38. The molecule has 0 bridgehead atoms. The predicted molar refractivity (Wildman–Crippen MR) is 65.1 cm³/mol. The molecule has 0 spiro atoms. The summed E-state index contributed by atoms with van der Waals surface area (Å²) >= 11 is 0. The van der Waals surface area contributed by atoms with Gasteiger partial charge in [-0.15, -0.1) is 0 Å². The highest BCUT2D eigenvalue weighted by Crippen LogP contribution is 2.26. The van der Waals surface area contributed by atoms with E-state index >= 15 is 0 Å². The van der Waals surface area contributed by atoms with E-state index in [1.165, 1.54) is 32.1 Å². The molecule has 90 valence electrons. The molecular formula is C13H27NO. The first-order valence-electron chi connectivity index (χ1n) is 6.69. The van der Waals surface area contributed by atoms with Crippen LogP contribution in [0.4, 0.5) is 0 Å². The molecule has 1 saturated carbocycles. The van der Waals surface area contributed by atoms with E-state index in [1.807, 2.05) is 0 Å². The molecule has 0 saturated heterocycles. The zero-order chi connectivity index (χ0) is 10.9. The normalized spacial score (nSPS) is 26.8. The largest absolute Gasteiger partial charge is 0.382 e. The fraction of sp³-hybridized carbons (Fsp3) is 1.00. The summed E-state index contributed by atoms with van der Waals surface area (Å²) in [5.74, 6) is 0.922. The van der Waals surface area contributed by atoms with Gasteiger partial charge in [0, 0.05) is 19.3 Å². The number of rotatable bonds is 7. The van der Waals surface area contributed by atoms with E-state index in [9.17, 15) is 0 Å². The number of nitrogens with one attached hydrogen (secondary N) is 1. The first-order valence-corrected chi connectivity index (χ1v) is 6.69. The van der Waals surface area contributed by atoms with E-state index in [-0.39, 0.29) is 0 Å². The second-order valence-corrected chi connectivity index (χ2v) is 4.56. The maximum Gasteiger partial charge on any atom is 0.0477 e. The molecular weight excluding hydrogens is 186 g/mol. The van der Waals surface area contributed by atoms with E-state index in [1.54, 1.807) is 0 Å². The van der Waals surface area contributed by atoms with Gasteiger partial charge in [-0.2, -0.15) is 0 Å². The molecule has 1 aliphatic carbocycles. The Balaban J connectivity index is 2.07. The molecule has 15 heavy (non-hydrogen) atoms. The highest BCUT2D eigenvalue weighted by Gasteiger charge is 2.22. The quantitative estimate of drug-likeness (QED) is 0.656. The van der Waals surface area contributed by atoms with Gasteiger partial charge in [0.2, 0.25) is 0 Å². The number of hydrogen-bond acceptors (Lipinski definition) is 2. The predicted octanol–water partition coefficient (Wildman–Crippen LogP) is 2.97. The van der Waals surface area contributed by atoms with Crippen molar-refractivity contribution in [3.8, 4) is 0 Å². The monoisotopic (exact) mass is 213 g/mol. The van der Waals surface area contributed by atoms with E-state index in [2.05, 4.69) is 19.2 Å². The molecule has 0 amide bonds. The summed E-state index contributed by atoms with van der Waals surface area (Å²) in [5, 5.41) is 3.70. The first kappa shape index (κ1) is 13.0. The summed E-state index contributed by atoms with van der Waals surface area (Å²) in [6.45, 7) is 7.27. The second-order valence-electron chi connectivity index (χ2n) is 4.56. The van der Waals surface area contributed by atoms with Crippen LogP contribution < -0.4 is 5.32 Å². The van der Waals surface area contributed by atoms with Crippen molar-refractivity contribution in [1.29, 1.82) is 0 Å². The van der Waals surface area contributed by atoms with Crippen LogP contribution in [-0.2, 0) is 4.74 Å². The van der Waals surface area contributed by atoms with Crippen LogP contribution in [0.2, 0.25) is 0 Å². The molecule has 0 aromatic carbocycles. The number of hydrogen-bond donors (Lipinski definition) is 1. The van der Waals surface area contributed by atoms with Crippen LogP contribution >= 0.6 is 0 Å². The molecule has 1 fully saturated rings. The van der Waals surface area contributed by atoms with Crippen molar-refractivity contribution in [1.82, 2.24) is 5.32 Å². The lowest BCUT2D eigenvalue weighted by molar-refractivity contribution is 0.142. The molecule has 0 unspecified atom stereocenters. The Morgan fingerprint density at radius 1 is 1.20 bits per heavy atom. The highest BCUT2D eigenvalue weighted by molar-refractivity contribution is 4.79. The van der Waals surface area contributed by atoms with E-state index in [4.69, 9.17) is 4.74 Å². The van der Waals surface area contributed by atoms with Gasteiger partial charge in [0.15, 0.2) is 0 Å². The van der Waals surface area contributed by atoms with Crippen LogP contribution in [0.15, 0.2) is 0 Å². The van der Waals surface area contributed by atoms with Gasteiger partial charge >= 0.3 is 0 Å². The van der Waals surface area contributed by atoms with Crippen LogP contribution in [0, 0.1) is 5.92 Å². The van der Waals surface area contributed by atoms with Crippen LogP contribution in [0.3, 0.4) is 0 Å². The Kier molecular flexibility index (Phi) is 7.03. The zero-order valence-electron chi connectivity index (χ0n) is 10.4. The molecule has 1 N–H and O–H groups in total. The van der Waals surface area contributed by atoms with Crippen molar-refractivity contribution in [3.05, 3.63) is 0 Å². The van der Waals surface area contributed by atoms with Crippen LogP contribution in [-0.4, -0.2) is 25.8 Å². The topological polar surface area (TPSA) is 21.3 Å². The van der Waals surface area contributed by atoms with E-state index in [0.29, 0.717) is 0 Å². The average Bonchev–Trinajstić information content (AvgIpc) is 2.29. The minimum absolute atomic E-state index is 0.783. The van der Waals surface area contributed by atoms with E-state index in [0.717, 1.165) is 38.1 Å². The molecule has 0 heterocycles. The third kappa shape index (κ3) is 4.98. The second kappa shape index (κ2) is 8.12. The Hall–Kier alpha value is -0.0800. The smallest absolute Gasteiger partial charge is 0.0477 e. The van der Waals surface area contributed by atoms with Gasteiger partial charge in [-0.25, -0.2) is 0 Å². The maximum absolute atomic E-state index is 5.34. The Morgan fingerprint density at radius 2 is 2.00 bits per heavy atom. The van der Waals surface area contributed by atoms with Crippen molar-refractivity contribution in [2.45, 2.75) is 58.4 Å². The van der Waals surface area contributed by atoms with Gasteiger partial charge in [-0.05, 0) is 38.6 Å². The average molecular weight is 213 g/mol. The molecule has 2 heteroatoms. The summed E-state index contributed by atoms with van der Waals surface area (Å²) in [6.07, 6.45) is 8.16. The molecule has 0 radical (unpaired) electrons. The van der Waals surface area contributed by atoms with Crippen LogP contribution in [0.5, 0.6) is 0 Å². The summed E-state index contributed by atoms with van der Waals surface area (Å²) in [4.78, 5) is 0. The van der Waals surface area contributed by atoms with Crippen molar-refractivity contribution in [2.75, 3.05) is 19.8 Å². The molecule has 0 aliphatic heterocycles. The zero-order valence-corrected chi connectivity index (χ0v) is 10.4. The van der Waals surface area contributed by atoms with Crippen molar-refractivity contribution >= 4 is 0 Å². The highest BCUT2D eigenvalue weighted by atomic mass is 16.5. The minimum atomic E-state index is 0.783. The van der Waals surface area contributed by atoms with Crippen LogP contribution in [0.25, 0.3) is 0 Å². The van der Waals surface area contributed by atoms with Crippen LogP contribution in [0.1, 0.15) is 52.4 Å². The summed E-state index contributed by atoms with van der Waals surface area (Å²) in [5.41, 5.74) is 0. The third-order valence-electron chi connectivity index (χ3n) is 3.51. The molecule has 2 atom stereocenters. The molecule has 0 aromatic rings. The summed E-state index contributed by atoms with van der Waals surface area (Å²) < 4.78 is 5.34. The van der Waals surface area contributed by atoms with E-state index < -0.39 is 0 Å². The maximum atomic E-state index is 5.34. The van der Waals surface area contributed by atoms with Gasteiger partial charge in [0.25, 0.3) is 0 Å². The SMILES string of the molecule is CCOCCCN[C@H]1CCCC[C@@H]1CC. The van der Waals surface area contributed by atoms with Gasteiger partial charge < -0.3 is 10.1 Å². The van der Waals surface area contributed by atoms with Gasteiger partial charge in [-0.1, -0.05) is 26.2 Å².